The molecular formula is C16H13F6NO2S. The van der Waals surface area contributed by atoms with Crippen LogP contribution in [0.4, 0.5) is 26.3 Å². The van der Waals surface area contributed by atoms with Crippen LogP contribution < -0.4 is 0 Å². The minimum absolute atomic E-state index is 0.224. The average Bonchev–Trinajstić information content (AvgIpc) is 2.54. The lowest BCUT2D eigenvalue weighted by Crippen LogP contribution is -2.25. The SMILES string of the molecule is Cc1ccncc1C(c1c(F)ccc(F)c1F)S(=O)(=O)CCC(F)(F)F. The second-order valence-electron chi connectivity index (χ2n) is 5.60. The molecule has 0 amide bonds. The molecule has 2 aromatic rings. The molecule has 0 fully saturated rings. The number of halogens is 6. The number of pyridine rings is 1. The van der Waals surface area contributed by atoms with E-state index in [4.69, 9.17) is 0 Å². The van der Waals surface area contributed by atoms with Crippen LogP contribution in [-0.2, 0) is 9.84 Å². The van der Waals surface area contributed by atoms with Gasteiger partial charge in [0, 0.05) is 18.0 Å². The Morgan fingerprint density at radius 2 is 1.69 bits per heavy atom. The van der Waals surface area contributed by atoms with Gasteiger partial charge in [0.25, 0.3) is 0 Å². The van der Waals surface area contributed by atoms with Crippen LogP contribution in [0.25, 0.3) is 0 Å². The molecule has 1 heterocycles. The van der Waals surface area contributed by atoms with E-state index < -0.39 is 56.5 Å². The van der Waals surface area contributed by atoms with Crippen molar-refractivity contribution in [1.29, 1.82) is 0 Å². The fourth-order valence-corrected chi connectivity index (χ4v) is 4.40. The van der Waals surface area contributed by atoms with Gasteiger partial charge >= 0.3 is 6.18 Å². The molecule has 142 valence electrons. The second-order valence-corrected chi connectivity index (χ2v) is 7.81. The van der Waals surface area contributed by atoms with E-state index in [-0.39, 0.29) is 11.1 Å². The van der Waals surface area contributed by atoms with Crippen LogP contribution in [0.2, 0.25) is 0 Å². The first kappa shape index (κ1) is 20.2. The standard InChI is InChI=1S/C16H13F6NO2S/c1-9-4-6-23-8-10(9)15(26(24,25)7-5-16(20,21)22)13-11(17)2-3-12(18)14(13)19/h2-4,6,8,15H,5,7H2,1H3. The van der Waals surface area contributed by atoms with Crippen molar-refractivity contribution < 1.29 is 34.8 Å². The maximum atomic E-state index is 14.2. The molecule has 0 saturated heterocycles. The van der Waals surface area contributed by atoms with Crippen LogP contribution in [-0.4, -0.2) is 25.3 Å². The smallest absolute Gasteiger partial charge is 0.264 e. The van der Waals surface area contributed by atoms with Crippen molar-refractivity contribution in [3.05, 3.63) is 64.7 Å². The monoisotopic (exact) mass is 397 g/mol. The molecule has 26 heavy (non-hydrogen) atoms. The Kier molecular flexibility index (Phi) is 5.64. The highest BCUT2D eigenvalue weighted by Gasteiger charge is 2.39. The van der Waals surface area contributed by atoms with E-state index in [1.807, 2.05) is 0 Å². The normalized spacial score (nSPS) is 13.7. The Bertz CT molecular complexity index is 911. The first-order valence-electron chi connectivity index (χ1n) is 7.26. The summed E-state index contributed by atoms with van der Waals surface area (Å²) in [6.07, 6.45) is -4.24. The van der Waals surface area contributed by atoms with Crippen molar-refractivity contribution in [2.24, 2.45) is 0 Å². The Morgan fingerprint density at radius 3 is 2.27 bits per heavy atom. The van der Waals surface area contributed by atoms with Gasteiger partial charge in [-0.3, -0.25) is 4.98 Å². The molecule has 0 aliphatic heterocycles. The zero-order valence-electron chi connectivity index (χ0n) is 13.3. The predicted molar refractivity (Wildman–Crippen MR) is 81.6 cm³/mol. The van der Waals surface area contributed by atoms with E-state index in [1.54, 1.807) is 0 Å². The summed E-state index contributed by atoms with van der Waals surface area (Å²) >= 11 is 0. The lowest BCUT2D eigenvalue weighted by Gasteiger charge is -2.21. The van der Waals surface area contributed by atoms with E-state index in [0.717, 1.165) is 6.20 Å². The van der Waals surface area contributed by atoms with E-state index in [9.17, 15) is 34.8 Å². The third-order valence-corrected chi connectivity index (χ3v) is 5.71. The van der Waals surface area contributed by atoms with Crippen LogP contribution in [0.3, 0.4) is 0 Å². The molecule has 1 unspecified atom stereocenters. The van der Waals surface area contributed by atoms with Gasteiger partial charge in [0.05, 0.1) is 12.2 Å². The number of aryl methyl sites for hydroxylation is 1. The van der Waals surface area contributed by atoms with Crippen molar-refractivity contribution in [1.82, 2.24) is 4.98 Å². The summed E-state index contributed by atoms with van der Waals surface area (Å²) in [6.45, 7) is 1.40. The molecule has 0 spiro atoms. The summed E-state index contributed by atoms with van der Waals surface area (Å²) < 4.78 is 105. The highest BCUT2D eigenvalue weighted by molar-refractivity contribution is 7.91. The number of sulfone groups is 1. The molecular weight excluding hydrogens is 384 g/mol. The molecule has 1 aromatic heterocycles. The Balaban J connectivity index is 2.70. The van der Waals surface area contributed by atoms with Gasteiger partial charge in [0.2, 0.25) is 0 Å². The number of alkyl halides is 3. The molecule has 1 atom stereocenters. The van der Waals surface area contributed by atoms with E-state index in [2.05, 4.69) is 4.98 Å². The maximum absolute atomic E-state index is 14.2. The lowest BCUT2D eigenvalue weighted by atomic mass is 10.0. The summed E-state index contributed by atoms with van der Waals surface area (Å²) in [7, 11) is -4.75. The van der Waals surface area contributed by atoms with Crippen molar-refractivity contribution in [2.45, 2.75) is 24.8 Å². The number of hydrogen-bond acceptors (Lipinski definition) is 3. The largest absolute Gasteiger partial charge is 0.390 e. The first-order chi connectivity index (χ1) is 11.9. The van der Waals surface area contributed by atoms with Gasteiger partial charge in [0.15, 0.2) is 21.5 Å². The zero-order valence-corrected chi connectivity index (χ0v) is 14.1. The third kappa shape index (κ3) is 4.35. The summed E-state index contributed by atoms with van der Waals surface area (Å²) in [4.78, 5) is 3.67. The third-order valence-electron chi connectivity index (χ3n) is 3.73. The molecule has 0 aliphatic carbocycles. The number of hydrogen-bond donors (Lipinski definition) is 0. The minimum atomic E-state index is -4.79. The number of benzene rings is 1. The summed E-state index contributed by atoms with van der Waals surface area (Å²) in [5.41, 5.74) is -1.16. The number of rotatable bonds is 5. The molecule has 1 aromatic carbocycles. The van der Waals surface area contributed by atoms with Crippen LogP contribution in [0, 0.1) is 24.4 Å². The van der Waals surface area contributed by atoms with Gasteiger partial charge in [-0.25, -0.2) is 21.6 Å². The molecule has 0 saturated carbocycles. The van der Waals surface area contributed by atoms with Crippen LogP contribution >= 0.6 is 0 Å². The first-order valence-corrected chi connectivity index (χ1v) is 8.98. The average molecular weight is 397 g/mol. The van der Waals surface area contributed by atoms with Crippen LogP contribution in [0.15, 0.2) is 30.6 Å². The van der Waals surface area contributed by atoms with Gasteiger partial charge in [-0.2, -0.15) is 13.2 Å². The molecule has 3 nitrogen and oxygen atoms in total. The van der Waals surface area contributed by atoms with E-state index in [1.165, 1.54) is 19.2 Å². The quantitative estimate of drug-likeness (QED) is 0.559. The molecule has 0 radical (unpaired) electrons. The predicted octanol–water partition coefficient (Wildman–Crippen LogP) is 4.26. The Labute approximate surface area is 145 Å². The Hall–Kier alpha value is -2.10. The van der Waals surface area contributed by atoms with Gasteiger partial charge < -0.3 is 0 Å². The lowest BCUT2D eigenvalue weighted by molar-refractivity contribution is -0.129. The fraction of sp³-hybridized carbons (Fsp3) is 0.312. The van der Waals surface area contributed by atoms with Gasteiger partial charge in [-0.15, -0.1) is 0 Å². The molecule has 0 N–H and O–H groups in total. The van der Waals surface area contributed by atoms with Gasteiger partial charge in [0.1, 0.15) is 11.1 Å². The molecule has 0 bridgehead atoms. The van der Waals surface area contributed by atoms with E-state index in [0.29, 0.717) is 12.1 Å². The molecule has 10 heteroatoms. The van der Waals surface area contributed by atoms with Crippen molar-refractivity contribution in [3.63, 3.8) is 0 Å². The number of aromatic nitrogens is 1. The minimum Gasteiger partial charge on any atom is -0.264 e. The highest BCUT2D eigenvalue weighted by Crippen LogP contribution is 2.37. The molecule has 0 aliphatic rings. The summed E-state index contributed by atoms with van der Waals surface area (Å²) in [6, 6.07) is 2.31. The summed E-state index contributed by atoms with van der Waals surface area (Å²) in [5.74, 6) is -6.08. The van der Waals surface area contributed by atoms with Gasteiger partial charge in [-0.1, -0.05) is 0 Å². The van der Waals surface area contributed by atoms with Crippen molar-refractivity contribution in [3.8, 4) is 0 Å². The zero-order chi connectivity index (χ0) is 19.7. The maximum Gasteiger partial charge on any atom is 0.390 e. The van der Waals surface area contributed by atoms with Crippen LogP contribution in [0.5, 0.6) is 0 Å². The Morgan fingerprint density at radius 1 is 1.08 bits per heavy atom. The number of nitrogens with zero attached hydrogens (tertiary/aromatic N) is 1. The fourth-order valence-electron chi connectivity index (χ4n) is 2.44. The van der Waals surface area contributed by atoms with Crippen LogP contribution in [0.1, 0.15) is 28.4 Å². The summed E-state index contributed by atoms with van der Waals surface area (Å²) in [5, 5.41) is -2.16. The second kappa shape index (κ2) is 7.26. The highest BCUT2D eigenvalue weighted by atomic mass is 32.2. The van der Waals surface area contributed by atoms with Gasteiger partial charge in [-0.05, 0) is 36.2 Å². The van der Waals surface area contributed by atoms with Crippen molar-refractivity contribution >= 4 is 9.84 Å². The van der Waals surface area contributed by atoms with E-state index >= 15 is 0 Å². The molecule has 2 rings (SSSR count). The van der Waals surface area contributed by atoms with Crippen molar-refractivity contribution in [2.75, 3.05) is 5.75 Å². The topological polar surface area (TPSA) is 47.0 Å².